The van der Waals surface area contributed by atoms with Crippen LogP contribution in [0.1, 0.15) is 49.3 Å². The number of guanidine groups is 1. The molecule has 6 heteroatoms. The Balaban J connectivity index is 2.17. The summed E-state index contributed by atoms with van der Waals surface area (Å²) in [5.74, 6) is 0.0345. The number of carbonyl (C=O) groups excluding carboxylic acids is 1. The lowest BCUT2D eigenvalue weighted by Gasteiger charge is -2.41. The smallest absolute Gasteiger partial charge is 0.239 e. The number of aromatic nitrogens is 1. The van der Waals surface area contributed by atoms with Gasteiger partial charge in [-0.05, 0) is 47.3 Å². The predicted molar refractivity (Wildman–Crippen MR) is 105 cm³/mol. The van der Waals surface area contributed by atoms with Gasteiger partial charge in [-0.3, -0.25) is 14.7 Å². The molecule has 1 aliphatic heterocycles. The monoisotopic (exact) mass is 346 g/mol. The highest BCUT2D eigenvalue weighted by Gasteiger charge is 2.47. The molecule has 26 heavy (non-hydrogen) atoms. The minimum atomic E-state index is -0.857. The summed E-state index contributed by atoms with van der Waals surface area (Å²) >= 11 is 0. The van der Waals surface area contributed by atoms with Gasteiger partial charge in [-0.15, -0.1) is 0 Å². The highest BCUT2D eigenvalue weighted by Crippen LogP contribution is 2.43. The van der Waals surface area contributed by atoms with Crippen molar-refractivity contribution in [1.29, 1.82) is 0 Å². The fourth-order valence-corrected chi connectivity index (χ4v) is 3.46. The van der Waals surface area contributed by atoms with E-state index in [0.717, 1.165) is 11.1 Å². The van der Waals surface area contributed by atoms with Gasteiger partial charge in [0.15, 0.2) is 5.96 Å². The number of carbonyl (C=O) groups is 1. The van der Waals surface area contributed by atoms with Crippen LogP contribution in [0.15, 0.2) is 47.6 Å². The summed E-state index contributed by atoms with van der Waals surface area (Å²) < 4.78 is 0. The first-order chi connectivity index (χ1) is 12.2. The van der Waals surface area contributed by atoms with Crippen molar-refractivity contribution in [3.05, 3.63) is 59.3 Å². The van der Waals surface area contributed by atoms with Crippen molar-refractivity contribution in [3.63, 3.8) is 0 Å². The van der Waals surface area contributed by atoms with Crippen LogP contribution in [0.2, 0.25) is 0 Å². The van der Waals surface area contributed by atoms with E-state index in [-0.39, 0.29) is 11.9 Å². The zero-order valence-corrected chi connectivity index (χ0v) is 15.6. The minimum absolute atomic E-state index is 0.0901. The van der Waals surface area contributed by atoms with Crippen molar-refractivity contribution in [2.45, 2.75) is 38.1 Å². The number of nitrogens with two attached hydrogens (primary N) is 1. The second-order valence-electron chi connectivity index (χ2n) is 7.24. The molecule has 1 aromatic heterocycles. The molecule has 2 aromatic rings. The lowest BCUT2D eigenvalue weighted by atomic mass is 9.74. The van der Waals surface area contributed by atoms with Crippen molar-refractivity contribution < 1.29 is 4.79 Å². The molecule has 1 amide bonds. The van der Waals surface area contributed by atoms with E-state index in [0.29, 0.717) is 11.5 Å². The Morgan fingerprint density at radius 3 is 2.46 bits per heavy atom. The van der Waals surface area contributed by atoms with Crippen LogP contribution in [0.5, 0.6) is 0 Å². The van der Waals surface area contributed by atoms with E-state index in [1.165, 1.54) is 10.5 Å². The number of amides is 1. The molecule has 2 radical (unpaired) electrons. The van der Waals surface area contributed by atoms with Crippen molar-refractivity contribution in [1.82, 2.24) is 9.88 Å². The van der Waals surface area contributed by atoms with Gasteiger partial charge in [0, 0.05) is 13.2 Å². The zero-order chi connectivity index (χ0) is 19.1. The standard InChI is InChI=1S/C20H23BN4O/c1-12(2)13-5-7-14(8-6-13)17-18(26)25(4)19(22)24-20(17,3)15-9-10-23-16(21)11-15/h5-12,17H,1-4H3,(H2,22,24)/t17-,20+/m0/s1. The topological polar surface area (TPSA) is 71.6 Å². The van der Waals surface area contributed by atoms with Crippen LogP contribution in [0, 0.1) is 0 Å². The van der Waals surface area contributed by atoms with E-state index in [1.807, 2.05) is 25.1 Å². The van der Waals surface area contributed by atoms with Crippen molar-refractivity contribution >= 4 is 25.3 Å². The molecule has 0 bridgehead atoms. The minimum Gasteiger partial charge on any atom is -0.369 e. The average Bonchev–Trinajstić information content (AvgIpc) is 2.60. The maximum atomic E-state index is 13.1. The molecule has 2 N–H and O–H groups in total. The van der Waals surface area contributed by atoms with Crippen LogP contribution in [-0.4, -0.2) is 36.6 Å². The van der Waals surface area contributed by atoms with Gasteiger partial charge in [-0.25, -0.2) is 4.99 Å². The lowest BCUT2D eigenvalue weighted by Crippen LogP contribution is -2.52. The predicted octanol–water partition coefficient (Wildman–Crippen LogP) is 1.78. The van der Waals surface area contributed by atoms with E-state index < -0.39 is 11.5 Å². The second-order valence-corrected chi connectivity index (χ2v) is 7.24. The van der Waals surface area contributed by atoms with Crippen molar-refractivity contribution in [2.75, 3.05) is 7.05 Å². The molecule has 2 heterocycles. The molecular weight excluding hydrogens is 323 g/mol. The molecule has 0 fully saturated rings. The highest BCUT2D eigenvalue weighted by atomic mass is 16.2. The maximum absolute atomic E-state index is 13.1. The molecule has 1 aliphatic rings. The van der Waals surface area contributed by atoms with E-state index >= 15 is 0 Å². The quantitative estimate of drug-likeness (QED) is 0.862. The van der Waals surface area contributed by atoms with Crippen LogP contribution in [0.25, 0.3) is 0 Å². The summed E-state index contributed by atoms with van der Waals surface area (Å²) in [6.45, 7) is 6.20. The summed E-state index contributed by atoms with van der Waals surface area (Å²) in [4.78, 5) is 23.3. The molecule has 0 spiro atoms. The number of hydrogen-bond donors (Lipinski definition) is 1. The number of benzene rings is 1. The van der Waals surface area contributed by atoms with E-state index in [1.54, 1.807) is 19.3 Å². The van der Waals surface area contributed by atoms with Crippen LogP contribution in [0.3, 0.4) is 0 Å². The van der Waals surface area contributed by atoms with Crippen molar-refractivity contribution in [2.24, 2.45) is 10.7 Å². The number of aliphatic imine (C=N–C) groups is 1. The first kappa shape index (κ1) is 18.2. The third-order valence-electron chi connectivity index (χ3n) is 5.13. The number of pyridine rings is 1. The largest absolute Gasteiger partial charge is 0.369 e. The normalized spacial score (nSPS) is 23.3. The molecule has 132 valence electrons. The Bertz CT molecular complexity index is 862. The van der Waals surface area contributed by atoms with Gasteiger partial charge in [-0.2, -0.15) is 0 Å². The van der Waals surface area contributed by atoms with Crippen LogP contribution >= 0.6 is 0 Å². The van der Waals surface area contributed by atoms with Crippen LogP contribution < -0.4 is 11.3 Å². The van der Waals surface area contributed by atoms with Gasteiger partial charge >= 0.3 is 0 Å². The molecule has 2 atom stereocenters. The summed E-state index contributed by atoms with van der Waals surface area (Å²) in [7, 11) is 7.52. The van der Waals surface area contributed by atoms with Gasteiger partial charge in [0.25, 0.3) is 0 Å². The second kappa shape index (κ2) is 6.59. The van der Waals surface area contributed by atoms with Crippen LogP contribution in [-0.2, 0) is 10.3 Å². The van der Waals surface area contributed by atoms with Gasteiger partial charge < -0.3 is 5.73 Å². The molecular formula is C20H23BN4O. The molecule has 1 aromatic carbocycles. The Morgan fingerprint density at radius 1 is 1.23 bits per heavy atom. The van der Waals surface area contributed by atoms with Gasteiger partial charge in [0.05, 0.1) is 5.92 Å². The van der Waals surface area contributed by atoms with E-state index in [2.05, 4.69) is 36.0 Å². The number of rotatable bonds is 3. The molecule has 0 saturated heterocycles. The SMILES string of the molecule is [B]c1cc([C@@]2(C)N=C(N)N(C)C(=O)[C@@H]2c2ccc(C(C)C)cc2)ccn1. The van der Waals surface area contributed by atoms with Gasteiger partial charge in [0.2, 0.25) is 5.91 Å². The summed E-state index contributed by atoms with van der Waals surface area (Å²) in [6.07, 6.45) is 1.63. The summed E-state index contributed by atoms with van der Waals surface area (Å²) in [5, 5.41) is 0. The fraction of sp³-hybridized carbons (Fsp3) is 0.350. The Morgan fingerprint density at radius 2 is 1.88 bits per heavy atom. The average molecular weight is 346 g/mol. The lowest BCUT2D eigenvalue weighted by molar-refractivity contribution is -0.130. The van der Waals surface area contributed by atoms with E-state index in [4.69, 9.17) is 13.6 Å². The molecule has 5 nitrogen and oxygen atoms in total. The van der Waals surface area contributed by atoms with E-state index in [9.17, 15) is 4.79 Å². The Kier molecular flexibility index (Phi) is 4.61. The number of likely N-dealkylation sites (N-methyl/N-ethyl adjacent to an activating group) is 1. The summed E-state index contributed by atoms with van der Waals surface area (Å²) in [6, 6.07) is 11.7. The summed E-state index contributed by atoms with van der Waals surface area (Å²) in [5.41, 5.74) is 8.50. The third kappa shape index (κ3) is 3.00. The fourth-order valence-electron chi connectivity index (χ4n) is 3.46. The van der Waals surface area contributed by atoms with Gasteiger partial charge in [0.1, 0.15) is 13.4 Å². The first-order valence-corrected chi connectivity index (χ1v) is 8.69. The number of hydrogen-bond acceptors (Lipinski definition) is 4. The Labute approximate surface area is 155 Å². The first-order valence-electron chi connectivity index (χ1n) is 8.69. The van der Waals surface area contributed by atoms with Crippen LogP contribution in [0.4, 0.5) is 0 Å². The number of nitrogens with zero attached hydrogens (tertiary/aromatic N) is 3. The third-order valence-corrected chi connectivity index (χ3v) is 5.13. The molecule has 0 unspecified atom stereocenters. The maximum Gasteiger partial charge on any atom is 0.239 e. The molecule has 3 rings (SSSR count). The Hall–Kier alpha value is -2.63. The highest BCUT2D eigenvalue weighted by molar-refractivity contribution is 6.30. The zero-order valence-electron chi connectivity index (χ0n) is 15.6. The van der Waals surface area contributed by atoms with Crippen molar-refractivity contribution in [3.8, 4) is 0 Å². The molecule has 0 aliphatic carbocycles. The molecule has 0 saturated carbocycles. The van der Waals surface area contributed by atoms with Gasteiger partial charge in [-0.1, -0.05) is 38.1 Å².